The maximum Gasteiger partial charge on any atom is 0.417 e. The number of nitrogens with zero attached hydrogens (tertiary/aromatic N) is 4. The van der Waals surface area contributed by atoms with E-state index >= 15 is 4.79 Å². The van der Waals surface area contributed by atoms with Gasteiger partial charge in [0, 0.05) is 36.5 Å². The summed E-state index contributed by atoms with van der Waals surface area (Å²) in [5.74, 6) is -3.67. The van der Waals surface area contributed by atoms with Crippen LogP contribution in [0.15, 0.2) is 29.4 Å². The van der Waals surface area contributed by atoms with Crippen LogP contribution in [0.1, 0.15) is 252 Å². The summed E-state index contributed by atoms with van der Waals surface area (Å²) in [5.41, 5.74) is 20.7. The largest absolute Gasteiger partial charge is 0.460 e. The van der Waals surface area contributed by atoms with Crippen molar-refractivity contribution in [2.24, 2.45) is 16.8 Å². The summed E-state index contributed by atoms with van der Waals surface area (Å²) in [6.07, 6.45) is 17.6. The lowest BCUT2D eigenvalue weighted by atomic mass is 9.97. The van der Waals surface area contributed by atoms with Crippen molar-refractivity contribution in [3.05, 3.63) is 40.3 Å². The van der Waals surface area contributed by atoms with Crippen LogP contribution in [0.5, 0.6) is 0 Å². The number of amides is 6. The fourth-order valence-electron chi connectivity index (χ4n) is 11.0. The Bertz CT molecular complexity index is 2160. The molecule has 12 N–H and O–H groups in total. The fourth-order valence-corrected chi connectivity index (χ4v) is 11.0. The van der Waals surface area contributed by atoms with Crippen molar-refractivity contribution >= 4 is 41.5 Å². The van der Waals surface area contributed by atoms with Gasteiger partial charge in [-0.25, -0.2) is 14.5 Å². The molecule has 0 unspecified atom stereocenters. The molecule has 6 amide bonds. The Balaban J connectivity index is 2.37. The van der Waals surface area contributed by atoms with Crippen molar-refractivity contribution in [1.82, 2.24) is 20.9 Å². The highest BCUT2D eigenvalue weighted by molar-refractivity contribution is 5.98. The molecule has 1 fully saturated rings. The molecule has 0 saturated carbocycles. The van der Waals surface area contributed by atoms with Gasteiger partial charge < -0.3 is 71.9 Å². The van der Waals surface area contributed by atoms with E-state index in [0.717, 1.165) is 38.5 Å². The summed E-state index contributed by atoms with van der Waals surface area (Å²) in [7, 11) is 0. The quantitative estimate of drug-likeness (QED) is 0.00724. The van der Waals surface area contributed by atoms with Gasteiger partial charge in [-0.15, -0.1) is 0 Å². The monoisotopic (exact) mass is 1280 g/mol. The zero-order valence-corrected chi connectivity index (χ0v) is 55.0. The minimum atomic E-state index is -1.97. The molecule has 24 heteroatoms. The molecule has 2 rings (SSSR count). The number of hydrogen-bond acceptors (Lipinski definition) is 17. The smallest absolute Gasteiger partial charge is 0.417 e. The van der Waals surface area contributed by atoms with Gasteiger partial charge in [0.25, 0.3) is 5.91 Å². The number of anilines is 1. The summed E-state index contributed by atoms with van der Waals surface area (Å²) in [6.45, 7) is 5.54. The molecule has 0 radical (unpaired) electrons. The fraction of sp³-hybridized carbons (Fsp3) is 0.818. The Hall–Kier alpha value is -5.33. The lowest BCUT2D eigenvalue weighted by Crippen LogP contribution is -2.63. The highest BCUT2D eigenvalue weighted by Crippen LogP contribution is 2.27. The lowest BCUT2D eigenvalue weighted by Gasteiger charge is -2.41. The normalized spacial score (nSPS) is 18.1. The Morgan fingerprint density at radius 2 is 1.21 bits per heavy atom. The van der Waals surface area contributed by atoms with E-state index in [4.69, 9.17) is 35.9 Å². The van der Waals surface area contributed by atoms with Crippen molar-refractivity contribution in [3.63, 3.8) is 0 Å². The number of nitrogen functional groups attached to an aromatic ring is 1. The number of urea groups is 1. The van der Waals surface area contributed by atoms with Crippen LogP contribution in [0, 0.1) is 5.92 Å². The maximum atomic E-state index is 15.6. The number of benzene rings is 1. The SMILES string of the molecule is CCCCCCCCCCCCCCCCCCCCCCCCCC(=O)O[C@H](CCCCC)[C@@H](O)[C@H](CO[C@H]1O[C@H](CO)[C@H](O)[C@H](O)[C@H]1O)N(C(=O)OCc1ccc(N)cc1)C(=O)[C@H](CCCNC(N)=O)NC(=O)[C@@H](NC(=O)CCCCCN=[N+]=[N-])C(C)C. The molecule has 10 atom stereocenters. The first kappa shape index (κ1) is 80.8. The molecule has 1 aromatic rings. The Kier molecular flexibility index (Phi) is 45.1. The van der Waals surface area contributed by atoms with Crippen LogP contribution in [0.25, 0.3) is 10.4 Å². The zero-order valence-electron chi connectivity index (χ0n) is 55.0. The third-order valence-corrected chi connectivity index (χ3v) is 16.6. The molecule has 1 saturated heterocycles. The second-order valence-corrected chi connectivity index (χ2v) is 24.7. The zero-order chi connectivity index (χ0) is 66.3. The number of aliphatic hydroxyl groups excluding tert-OH is 5. The predicted molar refractivity (Wildman–Crippen MR) is 346 cm³/mol. The third-order valence-electron chi connectivity index (χ3n) is 16.6. The van der Waals surface area contributed by atoms with Gasteiger partial charge in [0.1, 0.15) is 55.3 Å². The Morgan fingerprint density at radius 1 is 0.689 bits per heavy atom. The third kappa shape index (κ3) is 34.9. The van der Waals surface area contributed by atoms with Gasteiger partial charge in [0.05, 0.1) is 19.3 Å². The first-order valence-electron chi connectivity index (χ1n) is 34.2. The molecule has 90 heavy (non-hydrogen) atoms. The van der Waals surface area contributed by atoms with E-state index in [1.165, 1.54) is 109 Å². The van der Waals surface area contributed by atoms with E-state index in [2.05, 4.69) is 32.9 Å². The number of azide groups is 1. The number of carbonyl (C=O) groups is 6. The molecule has 1 aromatic carbocycles. The van der Waals surface area contributed by atoms with Crippen LogP contribution in [-0.2, 0) is 44.7 Å². The van der Waals surface area contributed by atoms with Gasteiger partial charge in [0.15, 0.2) is 6.29 Å². The number of rotatable bonds is 53. The molecule has 0 bridgehead atoms. The first-order valence-corrected chi connectivity index (χ1v) is 34.2. The molecule has 24 nitrogen and oxygen atoms in total. The molecule has 0 aliphatic carbocycles. The highest BCUT2D eigenvalue weighted by Gasteiger charge is 2.47. The number of aliphatic hydroxyl groups is 5. The number of ether oxygens (including phenoxy) is 4. The number of primary amides is 1. The summed E-state index contributed by atoms with van der Waals surface area (Å²) in [5, 5.41) is 66.6. The molecule has 516 valence electrons. The van der Waals surface area contributed by atoms with Crippen LogP contribution in [-0.4, -0.2) is 154 Å². The van der Waals surface area contributed by atoms with E-state index in [1.54, 1.807) is 38.1 Å². The number of esters is 1. The average Bonchev–Trinajstić information content (AvgIpc) is 0.911. The lowest BCUT2D eigenvalue weighted by molar-refractivity contribution is -0.304. The maximum absolute atomic E-state index is 15.6. The Labute approximate surface area is 536 Å². The van der Waals surface area contributed by atoms with E-state index in [0.29, 0.717) is 54.7 Å². The van der Waals surface area contributed by atoms with Crippen LogP contribution < -0.4 is 27.4 Å². The van der Waals surface area contributed by atoms with E-state index in [-0.39, 0.29) is 45.2 Å². The number of unbranched alkanes of at least 4 members (excludes halogenated alkanes) is 26. The summed E-state index contributed by atoms with van der Waals surface area (Å²) >= 11 is 0. The number of imide groups is 1. The van der Waals surface area contributed by atoms with E-state index in [9.17, 15) is 49.5 Å². The van der Waals surface area contributed by atoms with Crippen LogP contribution in [0.3, 0.4) is 0 Å². The van der Waals surface area contributed by atoms with Gasteiger partial charge in [-0.05, 0) is 74.1 Å². The summed E-state index contributed by atoms with van der Waals surface area (Å²) < 4.78 is 23.5. The van der Waals surface area contributed by atoms with Crippen molar-refractivity contribution < 1.29 is 73.2 Å². The highest BCUT2D eigenvalue weighted by atomic mass is 16.7. The Morgan fingerprint density at radius 3 is 1.73 bits per heavy atom. The van der Waals surface area contributed by atoms with Crippen LogP contribution >= 0.6 is 0 Å². The minimum Gasteiger partial charge on any atom is -0.460 e. The van der Waals surface area contributed by atoms with Gasteiger partial charge >= 0.3 is 18.1 Å². The number of hydrogen-bond donors (Lipinski definition) is 10. The second-order valence-electron chi connectivity index (χ2n) is 24.7. The minimum absolute atomic E-state index is 0.00687. The number of carbonyl (C=O) groups excluding carboxylic acids is 6. The van der Waals surface area contributed by atoms with Crippen molar-refractivity contribution in [3.8, 4) is 0 Å². The van der Waals surface area contributed by atoms with E-state index < -0.39 is 123 Å². The molecular formula is C66H117N9O15. The number of nitrogens with two attached hydrogens (primary N) is 2. The standard InChI is InChI=1S/C66H117N9O15/c1-5-7-9-10-11-12-13-14-15-16-17-18-19-20-21-22-23-24-25-26-27-28-32-38-56(78)89-53(36-30-8-6-2)58(79)52(47-87-64-61(82)60(81)59(80)54(45-76)90-64)75(66(86)88-46-49-39-41-50(67)42-40-49)63(84)51(35-34-43-70-65(68)85)72-62(83)57(48(3)4)73-55(77)37-31-29-33-44-71-74-69/h39-42,48,51-54,57-61,64,76,79-82H,5-38,43-47,67H2,1-4H3,(H,72,83)(H,73,77)(H3,68,70,85)/t51-,52-,53+,54+,57-,58-,59-,60-,61+,64-/m0/s1. The molecule has 0 aromatic heterocycles. The van der Waals surface area contributed by atoms with Crippen molar-refractivity contribution in [1.29, 1.82) is 0 Å². The van der Waals surface area contributed by atoms with Crippen LogP contribution in [0.2, 0.25) is 0 Å². The molecular weight excluding hydrogens is 1160 g/mol. The summed E-state index contributed by atoms with van der Waals surface area (Å²) in [6, 6.07) is 0.616. The van der Waals surface area contributed by atoms with E-state index in [1.807, 2.05) is 6.92 Å². The van der Waals surface area contributed by atoms with Crippen LogP contribution in [0.4, 0.5) is 15.3 Å². The summed E-state index contributed by atoms with van der Waals surface area (Å²) in [4.78, 5) is 87.0. The second kappa shape index (κ2) is 50.3. The topological polar surface area (TPSA) is 381 Å². The van der Waals surface area contributed by atoms with Gasteiger partial charge in [-0.3, -0.25) is 19.2 Å². The van der Waals surface area contributed by atoms with Gasteiger partial charge in [-0.2, -0.15) is 0 Å². The average molecular weight is 1280 g/mol. The molecule has 1 aliphatic heterocycles. The van der Waals surface area contributed by atoms with Crippen molar-refractivity contribution in [2.75, 3.05) is 32.0 Å². The molecule has 1 heterocycles. The first-order chi connectivity index (χ1) is 43.4. The predicted octanol–water partition coefficient (Wildman–Crippen LogP) is 10.1. The molecule has 0 spiro atoms. The number of nitrogens with one attached hydrogen (secondary N) is 3. The van der Waals surface area contributed by atoms with Crippen molar-refractivity contribution in [2.45, 2.75) is 314 Å². The molecule has 1 aliphatic rings. The van der Waals surface area contributed by atoms with Gasteiger partial charge in [-0.1, -0.05) is 205 Å². The van der Waals surface area contributed by atoms with Gasteiger partial charge in [0.2, 0.25) is 11.8 Å².